The number of likely N-dealkylation sites (tertiary alicyclic amines) is 1. The highest BCUT2D eigenvalue weighted by atomic mass is 16.5. The molecule has 1 amide bonds. The highest BCUT2D eigenvalue weighted by molar-refractivity contribution is 5.81. The van der Waals surface area contributed by atoms with E-state index in [0.29, 0.717) is 6.54 Å². The van der Waals surface area contributed by atoms with Crippen LogP contribution in [0.25, 0.3) is 0 Å². The van der Waals surface area contributed by atoms with E-state index in [2.05, 4.69) is 0 Å². The summed E-state index contributed by atoms with van der Waals surface area (Å²) < 4.78 is 5.50. The van der Waals surface area contributed by atoms with Gasteiger partial charge in [0.15, 0.2) is 0 Å². The molecule has 2 aliphatic heterocycles. The van der Waals surface area contributed by atoms with Crippen LogP contribution in [0.2, 0.25) is 0 Å². The highest BCUT2D eigenvalue weighted by Crippen LogP contribution is 2.17. The lowest BCUT2D eigenvalue weighted by Gasteiger charge is -2.34. The summed E-state index contributed by atoms with van der Waals surface area (Å²) >= 11 is 0. The molecule has 2 atom stereocenters. The monoisotopic (exact) mass is 212 g/mol. The number of hydrogen-bond donors (Lipinski definition) is 1. The maximum atomic E-state index is 12.0. The molecule has 2 aliphatic rings. The van der Waals surface area contributed by atoms with E-state index in [-0.39, 0.29) is 18.1 Å². The Bertz CT molecular complexity index is 227. The Labute approximate surface area is 90.8 Å². The van der Waals surface area contributed by atoms with Gasteiger partial charge in [0.1, 0.15) is 6.10 Å². The van der Waals surface area contributed by atoms with Gasteiger partial charge in [-0.3, -0.25) is 4.79 Å². The third-order valence-electron chi connectivity index (χ3n) is 3.22. The molecule has 86 valence electrons. The molecular weight excluding hydrogens is 192 g/mol. The molecule has 0 aromatic heterocycles. The number of nitrogens with two attached hydrogens (primary N) is 1. The van der Waals surface area contributed by atoms with Crippen LogP contribution in [0.5, 0.6) is 0 Å². The normalized spacial score (nSPS) is 32.7. The number of carbonyl (C=O) groups excluding carboxylic acids is 1. The summed E-state index contributed by atoms with van der Waals surface area (Å²) in [6, 6.07) is 0.159. The van der Waals surface area contributed by atoms with Gasteiger partial charge in [0.2, 0.25) is 0 Å². The smallest absolute Gasteiger partial charge is 0.251 e. The third kappa shape index (κ3) is 2.69. The fourth-order valence-electron chi connectivity index (χ4n) is 2.35. The average molecular weight is 212 g/mol. The lowest BCUT2D eigenvalue weighted by molar-refractivity contribution is -0.147. The molecule has 15 heavy (non-hydrogen) atoms. The zero-order chi connectivity index (χ0) is 10.7. The first-order valence-corrected chi connectivity index (χ1v) is 5.93. The number of carbonyl (C=O) groups is 1. The van der Waals surface area contributed by atoms with Gasteiger partial charge in [-0.1, -0.05) is 0 Å². The van der Waals surface area contributed by atoms with Crippen molar-refractivity contribution in [2.24, 2.45) is 5.73 Å². The van der Waals surface area contributed by atoms with Crippen LogP contribution in [0.15, 0.2) is 0 Å². The summed E-state index contributed by atoms with van der Waals surface area (Å²) in [6.07, 6.45) is 4.95. The van der Waals surface area contributed by atoms with Gasteiger partial charge in [-0.2, -0.15) is 0 Å². The Morgan fingerprint density at radius 3 is 2.80 bits per heavy atom. The summed E-state index contributed by atoms with van der Waals surface area (Å²) in [5.74, 6) is 0.157. The van der Waals surface area contributed by atoms with Gasteiger partial charge in [0, 0.05) is 25.7 Å². The van der Waals surface area contributed by atoms with Crippen LogP contribution in [0, 0.1) is 0 Å². The standard InChI is InChI=1S/C11H20N2O2/c12-9-4-3-6-13(8-9)11(14)10-5-1-2-7-15-10/h9-10H,1-8,12H2. The highest BCUT2D eigenvalue weighted by Gasteiger charge is 2.29. The van der Waals surface area contributed by atoms with E-state index in [0.717, 1.165) is 45.3 Å². The van der Waals surface area contributed by atoms with Gasteiger partial charge in [0.25, 0.3) is 5.91 Å². The Morgan fingerprint density at radius 1 is 1.27 bits per heavy atom. The van der Waals surface area contributed by atoms with Crippen molar-refractivity contribution in [2.45, 2.75) is 44.2 Å². The zero-order valence-electron chi connectivity index (χ0n) is 9.15. The first kappa shape index (κ1) is 10.9. The van der Waals surface area contributed by atoms with E-state index in [1.54, 1.807) is 0 Å². The van der Waals surface area contributed by atoms with E-state index >= 15 is 0 Å². The Kier molecular flexibility index (Phi) is 3.59. The minimum Gasteiger partial charge on any atom is -0.368 e. The Balaban J connectivity index is 1.88. The minimum atomic E-state index is -0.191. The van der Waals surface area contributed by atoms with Gasteiger partial charge in [-0.05, 0) is 32.1 Å². The van der Waals surface area contributed by atoms with Crippen molar-refractivity contribution in [1.82, 2.24) is 4.90 Å². The Hall–Kier alpha value is -0.610. The molecule has 2 fully saturated rings. The van der Waals surface area contributed by atoms with Gasteiger partial charge in [-0.25, -0.2) is 0 Å². The lowest BCUT2D eigenvalue weighted by Crippen LogP contribution is -2.50. The SMILES string of the molecule is NC1CCCN(C(=O)C2CCCCO2)C1. The number of hydrogen-bond acceptors (Lipinski definition) is 3. The molecule has 0 bridgehead atoms. The molecule has 2 N–H and O–H groups in total. The largest absolute Gasteiger partial charge is 0.368 e. The lowest BCUT2D eigenvalue weighted by atomic mass is 10.0. The van der Waals surface area contributed by atoms with Crippen LogP contribution in [0.3, 0.4) is 0 Å². The van der Waals surface area contributed by atoms with E-state index in [9.17, 15) is 4.79 Å². The van der Waals surface area contributed by atoms with Gasteiger partial charge in [-0.15, -0.1) is 0 Å². The molecule has 4 heteroatoms. The second-order valence-corrected chi connectivity index (χ2v) is 4.54. The molecule has 2 saturated heterocycles. The van der Waals surface area contributed by atoms with Crippen LogP contribution in [0.1, 0.15) is 32.1 Å². The van der Waals surface area contributed by atoms with Crippen molar-refractivity contribution < 1.29 is 9.53 Å². The van der Waals surface area contributed by atoms with Crippen molar-refractivity contribution in [2.75, 3.05) is 19.7 Å². The van der Waals surface area contributed by atoms with E-state index in [1.165, 1.54) is 0 Å². The van der Waals surface area contributed by atoms with E-state index in [4.69, 9.17) is 10.5 Å². The van der Waals surface area contributed by atoms with Crippen molar-refractivity contribution >= 4 is 5.91 Å². The van der Waals surface area contributed by atoms with Crippen molar-refractivity contribution in [3.8, 4) is 0 Å². The fraction of sp³-hybridized carbons (Fsp3) is 0.909. The maximum absolute atomic E-state index is 12.0. The summed E-state index contributed by atoms with van der Waals surface area (Å²) in [6.45, 7) is 2.29. The molecule has 2 rings (SSSR count). The summed E-state index contributed by atoms with van der Waals surface area (Å²) in [4.78, 5) is 13.9. The van der Waals surface area contributed by atoms with Crippen molar-refractivity contribution in [1.29, 1.82) is 0 Å². The summed E-state index contributed by atoms with van der Waals surface area (Å²) in [5, 5.41) is 0. The first-order valence-electron chi connectivity index (χ1n) is 5.93. The quantitative estimate of drug-likeness (QED) is 0.689. The topological polar surface area (TPSA) is 55.6 Å². The minimum absolute atomic E-state index is 0.157. The van der Waals surface area contributed by atoms with Crippen LogP contribution < -0.4 is 5.73 Å². The molecule has 4 nitrogen and oxygen atoms in total. The van der Waals surface area contributed by atoms with Gasteiger partial charge in [0.05, 0.1) is 0 Å². The predicted molar refractivity (Wildman–Crippen MR) is 57.4 cm³/mol. The molecule has 0 saturated carbocycles. The molecule has 0 aromatic carbocycles. The van der Waals surface area contributed by atoms with Crippen LogP contribution >= 0.6 is 0 Å². The van der Waals surface area contributed by atoms with E-state index in [1.807, 2.05) is 4.90 Å². The molecule has 0 aromatic rings. The molecule has 0 radical (unpaired) electrons. The Morgan fingerprint density at radius 2 is 2.13 bits per heavy atom. The zero-order valence-corrected chi connectivity index (χ0v) is 9.15. The average Bonchev–Trinajstić information content (AvgIpc) is 2.29. The molecule has 0 aliphatic carbocycles. The third-order valence-corrected chi connectivity index (χ3v) is 3.22. The van der Waals surface area contributed by atoms with E-state index < -0.39 is 0 Å². The predicted octanol–water partition coefficient (Wildman–Crippen LogP) is 0.505. The summed E-state index contributed by atoms with van der Waals surface area (Å²) in [7, 11) is 0. The molecule has 2 heterocycles. The number of rotatable bonds is 1. The molecular formula is C11H20N2O2. The summed E-state index contributed by atoms with van der Waals surface area (Å²) in [5.41, 5.74) is 5.86. The van der Waals surface area contributed by atoms with Crippen molar-refractivity contribution in [3.63, 3.8) is 0 Å². The molecule has 2 unspecified atom stereocenters. The molecule has 0 spiro atoms. The number of nitrogens with zero attached hydrogens (tertiary/aromatic N) is 1. The number of ether oxygens (including phenoxy) is 1. The van der Waals surface area contributed by atoms with Crippen molar-refractivity contribution in [3.05, 3.63) is 0 Å². The van der Waals surface area contributed by atoms with Gasteiger partial charge >= 0.3 is 0 Å². The maximum Gasteiger partial charge on any atom is 0.251 e. The van der Waals surface area contributed by atoms with Gasteiger partial charge < -0.3 is 15.4 Å². The van der Waals surface area contributed by atoms with Crippen LogP contribution in [-0.4, -0.2) is 42.6 Å². The number of amides is 1. The fourth-order valence-corrected chi connectivity index (χ4v) is 2.35. The van der Waals surface area contributed by atoms with Crippen LogP contribution in [-0.2, 0) is 9.53 Å². The number of piperidine rings is 1. The second kappa shape index (κ2) is 4.94. The second-order valence-electron chi connectivity index (χ2n) is 4.54. The van der Waals surface area contributed by atoms with Crippen LogP contribution in [0.4, 0.5) is 0 Å². The first-order chi connectivity index (χ1) is 7.27.